The minimum absolute atomic E-state index is 0.0154. The number of hydrogen-bond donors (Lipinski definition) is 1. The van der Waals surface area contributed by atoms with Crippen molar-refractivity contribution in [3.05, 3.63) is 70.5 Å². The molecule has 152 valence electrons. The Kier molecular flexibility index (Phi) is 5.99. The zero-order valence-electron chi connectivity index (χ0n) is 16.5. The number of nitrogens with zero attached hydrogens (tertiary/aromatic N) is 1. The van der Waals surface area contributed by atoms with Crippen molar-refractivity contribution < 1.29 is 18.7 Å². The highest BCUT2D eigenvalue weighted by Gasteiger charge is 2.28. The number of carbonyl (C=O) groups excluding carboxylic acids is 1. The Morgan fingerprint density at radius 1 is 1.21 bits per heavy atom. The minimum atomic E-state index is -0.242. The zero-order chi connectivity index (χ0) is 20.2. The van der Waals surface area contributed by atoms with Gasteiger partial charge < -0.3 is 19.2 Å². The Morgan fingerprint density at radius 2 is 1.97 bits per heavy atom. The van der Waals surface area contributed by atoms with E-state index in [1.807, 2.05) is 12.1 Å². The molecular formula is C22H24N2O4S. The lowest BCUT2D eigenvalue weighted by Gasteiger charge is -2.35. The van der Waals surface area contributed by atoms with Gasteiger partial charge in [-0.2, -0.15) is 0 Å². The number of benzene rings is 1. The number of furan rings is 1. The van der Waals surface area contributed by atoms with Crippen molar-refractivity contribution in [2.75, 3.05) is 38.7 Å². The largest absolute Gasteiger partial charge is 0.497 e. The van der Waals surface area contributed by atoms with Crippen molar-refractivity contribution in [1.29, 1.82) is 0 Å². The molecule has 1 aliphatic rings. The van der Waals surface area contributed by atoms with Gasteiger partial charge in [0.1, 0.15) is 10.8 Å². The highest BCUT2D eigenvalue weighted by atomic mass is 32.1. The minimum Gasteiger partial charge on any atom is -0.497 e. The second-order valence-corrected chi connectivity index (χ2v) is 8.15. The van der Waals surface area contributed by atoms with Gasteiger partial charge in [-0.3, -0.25) is 9.69 Å². The molecule has 4 rings (SSSR count). The number of ether oxygens (including phenoxy) is 2. The highest BCUT2D eigenvalue weighted by Crippen LogP contribution is 2.39. The van der Waals surface area contributed by atoms with Crippen molar-refractivity contribution in [2.24, 2.45) is 0 Å². The fraction of sp³-hybridized carbons (Fsp3) is 0.318. The molecule has 1 aromatic carbocycles. The summed E-state index contributed by atoms with van der Waals surface area (Å²) in [7, 11) is 1.67. The molecule has 0 spiro atoms. The van der Waals surface area contributed by atoms with Crippen LogP contribution in [0.4, 0.5) is 5.00 Å². The first-order chi connectivity index (χ1) is 14.2. The van der Waals surface area contributed by atoms with E-state index in [0.29, 0.717) is 19.0 Å². The molecule has 29 heavy (non-hydrogen) atoms. The molecule has 3 heterocycles. The molecule has 0 radical (unpaired) electrons. The number of aryl methyl sites for hydroxylation is 1. The van der Waals surface area contributed by atoms with Gasteiger partial charge in [0.05, 0.1) is 32.6 Å². The molecule has 1 atom stereocenters. The van der Waals surface area contributed by atoms with Crippen molar-refractivity contribution in [1.82, 2.24) is 4.90 Å². The maximum Gasteiger partial charge on any atom is 0.291 e. The predicted molar refractivity (Wildman–Crippen MR) is 113 cm³/mol. The molecule has 2 aromatic heterocycles. The summed E-state index contributed by atoms with van der Waals surface area (Å²) in [5.41, 5.74) is 2.23. The molecule has 0 aliphatic carbocycles. The number of hydrogen-bond acceptors (Lipinski definition) is 6. The van der Waals surface area contributed by atoms with E-state index in [-0.39, 0.29) is 11.9 Å². The topological polar surface area (TPSA) is 63.9 Å². The Bertz CT molecular complexity index is 944. The smallest absolute Gasteiger partial charge is 0.291 e. The highest BCUT2D eigenvalue weighted by molar-refractivity contribution is 7.16. The first kappa shape index (κ1) is 19.7. The summed E-state index contributed by atoms with van der Waals surface area (Å²) in [5, 5.41) is 3.89. The Labute approximate surface area is 174 Å². The average Bonchev–Trinajstić information content (AvgIpc) is 3.40. The lowest BCUT2D eigenvalue weighted by molar-refractivity contribution is 0.0241. The molecule has 7 heteroatoms. The lowest BCUT2D eigenvalue weighted by Crippen LogP contribution is -2.39. The van der Waals surface area contributed by atoms with E-state index in [0.717, 1.165) is 39.8 Å². The first-order valence-corrected chi connectivity index (χ1v) is 10.4. The Balaban J connectivity index is 1.70. The number of thiophene rings is 1. The van der Waals surface area contributed by atoms with Crippen molar-refractivity contribution in [2.45, 2.75) is 13.0 Å². The van der Waals surface area contributed by atoms with Crippen molar-refractivity contribution >= 4 is 22.2 Å². The fourth-order valence-corrected chi connectivity index (χ4v) is 4.56. The number of rotatable bonds is 6. The van der Waals surface area contributed by atoms with Gasteiger partial charge in [0.15, 0.2) is 5.76 Å². The van der Waals surface area contributed by atoms with E-state index in [2.05, 4.69) is 35.3 Å². The van der Waals surface area contributed by atoms with Gasteiger partial charge in [-0.05, 0) is 42.8 Å². The number of nitrogens with one attached hydrogen (secondary N) is 1. The number of methoxy groups -OCH3 is 1. The summed E-state index contributed by atoms with van der Waals surface area (Å²) < 4.78 is 16.1. The standard InChI is InChI=1S/C22H24N2O4S/c1-15-14-18(22(29-15)23-21(25)19-4-3-11-28-19)20(24-9-12-27-13-10-24)16-5-7-17(26-2)8-6-16/h3-8,11,14,20H,9-10,12-13H2,1-2H3,(H,23,25)/t20-/m1/s1. The van der Waals surface area contributed by atoms with Crippen LogP contribution in [0.25, 0.3) is 0 Å². The van der Waals surface area contributed by atoms with E-state index in [9.17, 15) is 4.79 Å². The lowest BCUT2D eigenvalue weighted by atomic mass is 9.97. The molecule has 6 nitrogen and oxygen atoms in total. The van der Waals surface area contributed by atoms with Crippen LogP contribution in [0.3, 0.4) is 0 Å². The van der Waals surface area contributed by atoms with Crippen LogP contribution in [0.15, 0.2) is 53.1 Å². The monoisotopic (exact) mass is 412 g/mol. The van der Waals surface area contributed by atoms with Crippen LogP contribution in [-0.4, -0.2) is 44.2 Å². The van der Waals surface area contributed by atoms with Crippen LogP contribution in [0, 0.1) is 6.92 Å². The molecule has 1 amide bonds. The number of carbonyl (C=O) groups is 1. The van der Waals surface area contributed by atoms with E-state index >= 15 is 0 Å². The number of amides is 1. The van der Waals surface area contributed by atoms with Gasteiger partial charge >= 0.3 is 0 Å². The van der Waals surface area contributed by atoms with Gasteiger partial charge in [0.25, 0.3) is 5.91 Å². The van der Waals surface area contributed by atoms with Crippen LogP contribution in [0.1, 0.15) is 32.6 Å². The Hall–Kier alpha value is -2.61. The van der Waals surface area contributed by atoms with Crippen LogP contribution in [0.5, 0.6) is 5.75 Å². The van der Waals surface area contributed by atoms with E-state index in [4.69, 9.17) is 13.9 Å². The predicted octanol–water partition coefficient (Wildman–Crippen LogP) is 4.33. The maximum atomic E-state index is 12.6. The fourth-order valence-electron chi connectivity index (χ4n) is 3.62. The second-order valence-electron chi connectivity index (χ2n) is 6.90. The molecular weight excluding hydrogens is 388 g/mol. The summed E-state index contributed by atoms with van der Waals surface area (Å²) in [6.45, 7) is 5.11. The third kappa shape index (κ3) is 4.37. The summed E-state index contributed by atoms with van der Waals surface area (Å²) in [4.78, 5) is 16.1. The maximum absolute atomic E-state index is 12.6. The van der Waals surface area contributed by atoms with Crippen LogP contribution >= 0.6 is 11.3 Å². The van der Waals surface area contributed by atoms with Gasteiger partial charge in [-0.25, -0.2) is 0 Å². The van der Waals surface area contributed by atoms with Gasteiger partial charge in [0, 0.05) is 23.5 Å². The molecule has 0 unspecified atom stereocenters. The SMILES string of the molecule is COc1ccc([C@H](c2cc(C)sc2NC(=O)c2ccco2)N2CCOCC2)cc1. The van der Waals surface area contributed by atoms with Gasteiger partial charge in [0.2, 0.25) is 0 Å². The third-order valence-corrected chi connectivity index (χ3v) is 5.97. The van der Waals surface area contributed by atoms with Gasteiger partial charge in [-0.15, -0.1) is 11.3 Å². The third-order valence-electron chi connectivity index (χ3n) is 4.99. The summed E-state index contributed by atoms with van der Waals surface area (Å²) >= 11 is 1.58. The van der Waals surface area contributed by atoms with Crippen molar-refractivity contribution in [3.8, 4) is 5.75 Å². The van der Waals surface area contributed by atoms with Crippen molar-refractivity contribution in [3.63, 3.8) is 0 Å². The van der Waals surface area contributed by atoms with E-state index in [1.54, 1.807) is 30.6 Å². The first-order valence-electron chi connectivity index (χ1n) is 9.56. The van der Waals surface area contributed by atoms with Crippen LogP contribution < -0.4 is 10.1 Å². The van der Waals surface area contributed by atoms with E-state index in [1.165, 1.54) is 6.26 Å². The molecule has 0 saturated carbocycles. The van der Waals surface area contributed by atoms with Crippen LogP contribution in [0.2, 0.25) is 0 Å². The van der Waals surface area contributed by atoms with E-state index < -0.39 is 0 Å². The average molecular weight is 413 g/mol. The molecule has 1 fully saturated rings. The number of morpholine rings is 1. The van der Waals surface area contributed by atoms with Crippen LogP contribution in [-0.2, 0) is 4.74 Å². The molecule has 1 saturated heterocycles. The molecule has 3 aromatic rings. The second kappa shape index (κ2) is 8.82. The summed E-state index contributed by atoms with van der Waals surface area (Å²) in [5.74, 6) is 0.880. The number of anilines is 1. The molecule has 1 aliphatic heterocycles. The van der Waals surface area contributed by atoms with Gasteiger partial charge in [-0.1, -0.05) is 12.1 Å². The summed E-state index contributed by atoms with van der Waals surface area (Å²) in [6.07, 6.45) is 1.50. The normalized spacial score (nSPS) is 15.8. The molecule has 0 bridgehead atoms. The molecule has 1 N–H and O–H groups in total. The summed E-state index contributed by atoms with van der Waals surface area (Å²) in [6, 6.07) is 13.7. The quantitative estimate of drug-likeness (QED) is 0.653. The zero-order valence-corrected chi connectivity index (χ0v) is 17.3. The Morgan fingerprint density at radius 3 is 2.62 bits per heavy atom.